The monoisotopic (exact) mass is 510 g/mol. The van der Waals surface area contributed by atoms with E-state index >= 15 is 0 Å². The molecular formula is C25H23BrN2O3S. The number of fused-ring (bicyclic) bond motifs is 3. The third kappa shape index (κ3) is 3.80. The lowest BCUT2D eigenvalue weighted by molar-refractivity contribution is 0.417. The number of rotatable bonds is 5. The van der Waals surface area contributed by atoms with Gasteiger partial charge in [-0.3, -0.25) is 4.72 Å². The van der Waals surface area contributed by atoms with E-state index in [1.54, 1.807) is 36.4 Å². The average molecular weight is 511 g/mol. The number of methoxy groups -OCH3 is 1. The van der Waals surface area contributed by atoms with Crippen molar-refractivity contribution in [2.75, 3.05) is 17.1 Å². The van der Waals surface area contributed by atoms with Gasteiger partial charge in [0.05, 0.1) is 23.7 Å². The van der Waals surface area contributed by atoms with Gasteiger partial charge in [0.25, 0.3) is 10.0 Å². The van der Waals surface area contributed by atoms with Gasteiger partial charge in [-0.15, -0.1) is 0 Å². The second-order valence-electron chi connectivity index (χ2n) is 8.09. The van der Waals surface area contributed by atoms with Crippen LogP contribution < -0.4 is 14.8 Å². The Kier molecular flexibility index (Phi) is 5.47. The number of sulfonamides is 1. The van der Waals surface area contributed by atoms with Crippen LogP contribution in [0.2, 0.25) is 0 Å². The predicted molar refractivity (Wildman–Crippen MR) is 131 cm³/mol. The number of allylic oxidation sites excluding steroid dienone is 2. The van der Waals surface area contributed by atoms with Crippen LogP contribution >= 0.6 is 15.9 Å². The Morgan fingerprint density at radius 1 is 1.06 bits per heavy atom. The number of hydrogen-bond acceptors (Lipinski definition) is 4. The molecule has 0 spiro atoms. The smallest absolute Gasteiger partial charge is 0.262 e. The molecule has 3 aromatic rings. The lowest BCUT2D eigenvalue weighted by Gasteiger charge is -2.37. The fourth-order valence-corrected chi connectivity index (χ4v) is 6.22. The van der Waals surface area contributed by atoms with Crippen molar-refractivity contribution in [3.63, 3.8) is 0 Å². The van der Waals surface area contributed by atoms with Crippen LogP contribution in [-0.4, -0.2) is 15.5 Å². The zero-order valence-electron chi connectivity index (χ0n) is 17.5. The molecule has 0 radical (unpaired) electrons. The highest BCUT2D eigenvalue weighted by Crippen LogP contribution is 2.50. The zero-order valence-corrected chi connectivity index (χ0v) is 19.9. The van der Waals surface area contributed by atoms with E-state index in [1.165, 1.54) is 12.7 Å². The van der Waals surface area contributed by atoms with Crippen LogP contribution in [0.1, 0.15) is 29.5 Å². The summed E-state index contributed by atoms with van der Waals surface area (Å²) in [7, 11) is -2.25. The van der Waals surface area contributed by atoms with E-state index in [2.05, 4.69) is 50.3 Å². The highest BCUT2D eigenvalue weighted by Gasteiger charge is 2.38. The minimum atomic E-state index is -3.77. The SMILES string of the molecule is COc1ccccc1NS(=O)(=O)c1ccc2c(c1)[C@@H]1C=CC[C@@H]1[C@@H](c1cccc(Br)c1)N2. The molecule has 1 aliphatic carbocycles. The van der Waals surface area contributed by atoms with Crippen LogP contribution in [0, 0.1) is 5.92 Å². The molecule has 5 rings (SSSR count). The van der Waals surface area contributed by atoms with Crippen LogP contribution in [0.15, 0.2) is 88.3 Å². The molecule has 0 saturated heterocycles. The zero-order chi connectivity index (χ0) is 22.3. The van der Waals surface area contributed by atoms with E-state index in [1.807, 2.05) is 18.2 Å². The normalized spacial score (nSPS) is 21.4. The van der Waals surface area contributed by atoms with Crippen LogP contribution in [0.3, 0.4) is 0 Å². The van der Waals surface area contributed by atoms with E-state index < -0.39 is 10.0 Å². The van der Waals surface area contributed by atoms with Crippen molar-refractivity contribution in [2.24, 2.45) is 5.92 Å². The van der Waals surface area contributed by atoms with Crippen LogP contribution in [-0.2, 0) is 10.0 Å². The van der Waals surface area contributed by atoms with Gasteiger partial charge in [-0.1, -0.05) is 52.3 Å². The molecule has 1 aliphatic heterocycles. The van der Waals surface area contributed by atoms with Crippen LogP contribution in [0.5, 0.6) is 5.75 Å². The highest BCUT2D eigenvalue weighted by molar-refractivity contribution is 9.10. The minimum Gasteiger partial charge on any atom is -0.495 e. The summed E-state index contributed by atoms with van der Waals surface area (Å²) in [5, 5.41) is 3.66. The summed E-state index contributed by atoms with van der Waals surface area (Å²) in [5.41, 5.74) is 3.62. The number of anilines is 2. The highest BCUT2D eigenvalue weighted by atomic mass is 79.9. The maximum absolute atomic E-state index is 13.2. The van der Waals surface area contributed by atoms with Gasteiger partial charge < -0.3 is 10.1 Å². The number of para-hydroxylation sites is 2. The molecule has 0 fully saturated rings. The topological polar surface area (TPSA) is 67.4 Å². The van der Waals surface area contributed by atoms with E-state index in [0.717, 1.165) is 22.1 Å². The second kappa shape index (κ2) is 8.30. The molecule has 0 unspecified atom stereocenters. The van der Waals surface area contributed by atoms with Gasteiger partial charge in [0.2, 0.25) is 0 Å². The van der Waals surface area contributed by atoms with Gasteiger partial charge in [-0.25, -0.2) is 8.42 Å². The maximum Gasteiger partial charge on any atom is 0.262 e. The Hall–Kier alpha value is -2.77. The summed E-state index contributed by atoms with van der Waals surface area (Å²) in [4.78, 5) is 0.240. The van der Waals surface area contributed by atoms with Crippen molar-refractivity contribution in [2.45, 2.75) is 23.3 Å². The van der Waals surface area contributed by atoms with Crippen LogP contribution in [0.4, 0.5) is 11.4 Å². The molecule has 3 aromatic carbocycles. The summed E-state index contributed by atoms with van der Waals surface area (Å²) in [6, 6.07) is 20.8. The Balaban J connectivity index is 1.50. The van der Waals surface area contributed by atoms with Gasteiger partial charge in [0.15, 0.2) is 0 Å². The van der Waals surface area contributed by atoms with Gasteiger partial charge in [-0.2, -0.15) is 0 Å². The molecule has 2 aliphatic rings. The molecular weight excluding hydrogens is 488 g/mol. The summed E-state index contributed by atoms with van der Waals surface area (Å²) < 4.78 is 35.3. The number of nitrogens with one attached hydrogen (secondary N) is 2. The molecule has 5 nitrogen and oxygen atoms in total. The third-order valence-corrected chi connectivity index (χ3v) is 8.06. The molecule has 0 saturated carbocycles. The Labute approximate surface area is 196 Å². The molecule has 7 heteroatoms. The number of benzene rings is 3. The van der Waals surface area contributed by atoms with Crippen molar-refractivity contribution in [3.8, 4) is 5.75 Å². The van der Waals surface area contributed by atoms with Gasteiger partial charge in [0.1, 0.15) is 5.75 Å². The van der Waals surface area contributed by atoms with E-state index in [9.17, 15) is 8.42 Å². The maximum atomic E-state index is 13.2. The lowest BCUT2D eigenvalue weighted by Crippen LogP contribution is -2.29. The van der Waals surface area contributed by atoms with E-state index in [-0.39, 0.29) is 16.9 Å². The molecule has 3 atom stereocenters. The Morgan fingerprint density at radius 3 is 2.72 bits per heavy atom. The number of halogens is 1. The standard InChI is InChI=1S/C25H23BrN2O3S/c1-31-24-11-3-2-10-23(24)28-32(29,30)18-12-13-22-21(15-18)19-8-5-9-20(19)25(27-22)16-6-4-7-17(26)14-16/h2-8,10-15,19-20,25,27-28H,9H2,1H3/t19-,20+,25-/m1/s1. The molecule has 0 aromatic heterocycles. The average Bonchev–Trinajstić information content (AvgIpc) is 3.28. The van der Waals surface area contributed by atoms with Crippen molar-refractivity contribution in [3.05, 3.63) is 94.5 Å². The predicted octanol–water partition coefficient (Wildman–Crippen LogP) is 6.09. The first kappa shape index (κ1) is 21.1. The molecule has 0 bridgehead atoms. The van der Waals surface area contributed by atoms with Crippen molar-refractivity contribution in [1.29, 1.82) is 0 Å². The van der Waals surface area contributed by atoms with E-state index in [4.69, 9.17) is 4.74 Å². The van der Waals surface area contributed by atoms with Crippen molar-refractivity contribution < 1.29 is 13.2 Å². The van der Waals surface area contributed by atoms with E-state index in [0.29, 0.717) is 17.4 Å². The summed E-state index contributed by atoms with van der Waals surface area (Å²) >= 11 is 3.58. The quantitative estimate of drug-likeness (QED) is 0.407. The fraction of sp³-hybridized carbons (Fsp3) is 0.200. The molecule has 1 heterocycles. The van der Waals surface area contributed by atoms with Gasteiger partial charge in [0, 0.05) is 16.1 Å². The lowest BCUT2D eigenvalue weighted by atomic mass is 9.77. The largest absolute Gasteiger partial charge is 0.495 e. The van der Waals surface area contributed by atoms with Crippen LogP contribution in [0.25, 0.3) is 0 Å². The minimum absolute atomic E-state index is 0.161. The third-order valence-electron chi connectivity index (χ3n) is 6.20. The Morgan fingerprint density at radius 2 is 1.91 bits per heavy atom. The molecule has 0 amide bonds. The second-order valence-corrected chi connectivity index (χ2v) is 10.7. The summed E-state index contributed by atoms with van der Waals surface area (Å²) in [5.74, 6) is 0.972. The number of ether oxygens (including phenoxy) is 1. The molecule has 32 heavy (non-hydrogen) atoms. The number of hydrogen-bond donors (Lipinski definition) is 2. The molecule has 2 N–H and O–H groups in total. The fourth-order valence-electron chi connectivity index (χ4n) is 4.70. The first-order valence-electron chi connectivity index (χ1n) is 10.4. The first-order chi connectivity index (χ1) is 15.5. The summed E-state index contributed by atoms with van der Waals surface area (Å²) in [6.07, 6.45) is 5.36. The van der Waals surface area contributed by atoms with Crippen molar-refractivity contribution >= 4 is 37.3 Å². The molecule has 164 valence electrons. The van der Waals surface area contributed by atoms with Crippen molar-refractivity contribution in [1.82, 2.24) is 0 Å². The van der Waals surface area contributed by atoms with Gasteiger partial charge >= 0.3 is 0 Å². The van der Waals surface area contributed by atoms with Gasteiger partial charge in [-0.05, 0) is 65.9 Å². The Bertz CT molecular complexity index is 1310. The summed E-state index contributed by atoms with van der Waals surface area (Å²) in [6.45, 7) is 0. The first-order valence-corrected chi connectivity index (χ1v) is 12.7.